The molecule has 0 radical (unpaired) electrons. The number of aromatic hydroxyl groups is 1. The van der Waals surface area contributed by atoms with E-state index in [4.69, 9.17) is 5.11 Å². The van der Waals surface area contributed by atoms with Crippen molar-refractivity contribution < 1.29 is 24.9 Å². The number of hydrogen-bond acceptors (Lipinski definition) is 6. The Kier molecular flexibility index (Phi) is 4.72. The Hall–Kier alpha value is -1.96. The van der Waals surface area contributed by atoms with Crippen LogP contribution in [-0.4, -0.2) is 70.3 Å². The predicted molar refractivity (Wildman–Crippen MR) is 102 cm³/mol. The van der Waals surface area contributed by atoms with Gasteiger partial charge >= 0.3 is 0 Å². The molecule has 0 spiro atoms. The molecule has 3 aliphatic rings. The average molecular weight is 388 g/mol. The first-order valence-corrected chi connectivity index (χ1v) is 9.96. The molecule has 1 saturated heterocycles. The second-order valence-corrected chi connectivity index (χ2v) is 8.62. The number of aliphatic hydroxyl groups excluding tert-OH is 1. The summed E-state index contributed by atoms with van der Waals surface area (Å²) in [5.74, 6) is -0.682. The van der Waals surface area contributed by atoms with Crippen molar-refractivity contribution in [2.24, 2.45) is 5.92 Å². The minimum absolute atomic E-state index is 0.0108. The normalized spacial score (nSPS) is 34.5. The fraction of sp³-hybridized carbons (Fsp3) is 0.619. The highest BCUT2D eigenvalue weighted by atomic mass is 16.3. The summed E-state index contributed by atoms with van der Waals surface area (Å²) in [6.07, 6.45) is 1.75. The molecule has 1 aromatic carbocycles. The first-order chi connectivity index (χ1) is 13.3. The van der Waals surface area contributed by atoms with Gasteiger partial charge in [-0.05, 0) is 56.1 Å². The summed E-state index contributed by atoms with van der Waals surface area (Å²) in [5.41, 5.74) is 0.115. The molecule has 7 nitrogen and oxygen atoms in total. The van der Waals surface area contributed by atoms with Crippen molar-refractivity contribution in [1.29, 1.82) is 0 Å². The van der Waals surface area contributed by atoms with Gasteiger partial charge in [0.05, 0.1) is 12.2 Å². The van der Waals surface area contributed by atoms with Crippen molar-refractivity contribution in [3.8, 4) is 5.75 Å². The second kappa shape index (κ2) is 6.83. The number of nitrogens with one attached hydrogen (secondary N) is 1. The number of aliphatic hydroxyl groups is 2. The molecule has 1 heterocycles. The largest absolute Gasteiger partial charge is 0.508 e. The van der Waals surface area contributed by atoms with E-state index in [-0.39, 0.29) is 55.9 Å². The van der Waals surface area contributed by atoms with Crippen LogP contribution in [0.3, 0.4) is 0 Å². The van der Waals surface area contributed by atoms with Gasteiger partial charge in [-0.25, -0.2) is 0 Å². The molecule has 152 valence electrons. The zero-order chi connectivity index (χ0) is 20.1. The van der Waals surface area contributed by atoms with Gasteiger partial charge < -0.3 is 25.5 Å². The summed E-state index contributed by atoms with van der Waals surface area (Å²) in [5, 5.41) is 33.5. The van der Waals surface area contributed by atoms with Gasteiger partial charge in [-0.3, -0.25) is 9.59 Å². The van der Waals surface area contributed by atoms with Gasteiger partial charge in [-0.2, -0.15) is 0 Å². The molecule has 0 unspecified atom stereocenters. The third-order valence-electron chi connectivity index (χ3n) is 7.18. The summed E-state index contributed by atoms with van der Waals surface area (Å²) in [7, 11) is 2.00. The fourth-order valence-electron chi connectivity index (χ4n) is 5.79. The van der Waals surface area contributed by atoms with E-state index in [1.54, 1.807) is 12.1 Å². The minimum Gasteiger partial charge on any atom is -0.508 e. The SMILES string of the molecule is CN1CC[C@]23CC(=O)[C@@H](CC(=O)NCCO)C[C@@]2(O)[C@H]1Cc1ccc(O)cc13. The van der Waals surface area contributed by atoms with Gasteiger partial charge in [0.25, 0.3) is 0 Å². The molecule has 1 saturated carbocycles. The zero-order valence-electron chi connectivity index (χ0n) is 16.1. The number of phenolic OH excluding ortho intramolecular Hbond substituents is 1. The molecule has 1 aromatic rings. The van der Waals surface area contributed by atoms with E-state index in [0.717, 1.165) is 17.7 Å². The van der Waals surface area contributed by atoms with Gasteiger partial charge in [0, 0.05) is 36.8 Å². The molecular formula is C21H28N2O5. The second-order valence-electron chi connectivity index (χ2n) is 8.62. The van der Waals surface area contributed by atoms with E-state index < -0.39 is 16.9 Å². The lowest BCUT2D eigenvalue weighted by Gasteiger charge is -2.63. The van der Waals surface area contributed by atoms with Gasteiger partial charge in [0.15, 0.2) is 0 Å². The number of amides is 1. The Balaban J connectivity index is 1.72. The lowest BCUT2D eigenvalue weighted by Crippen LogP contribution is -2.73. The van der Waals surface area contributed by atoms with Crippen LogP contribution in [0.25, 0.3) is 0 Å². The number of likely N-dealkylation sites (N-methyl/N-ethyl adjacent to an activating group) is 1. The first kappa shape index (κ1) is 19.4. The van der Waals surface area contributed by atoms with E-state index in [0.29, 0.717) is 12.8 Å². The molecule has 4 atom stereocenters. The summed E-state index contributed by atoms with van der Waals surface area (Å²) in [6, 6.07) is 5.14. The summed E-state index contributed by atoms with van der Waals surface area (Å²) < 4.78 is 0. The molecule has 7 heteroatoms. The van der Waals surface area contributed by atoms with Crippen LogP contribution >= 0.6 is 0 Å². The van der Waals surface area contributed by atoms with Crippen LogP contribution in [0.4, 0.5) is 0 Å². The van der Waals surface area contributed by atoms with Crippen LogP contribution in [0.2, 0.25) is 0 Å². The maximum absolute atomic E-state index is 13.1. The van der Waals surface area contributed by atoms with Crippen LogP contribution in [0, 0.1) is 5.92 Å². The van der Waals surface area contributed by atoms with Crippen molar-refractivity contribution in [1.82, 2.24) is 10.2 Å². The van der Waals surface area contributed by atoms with Crippen LogP contribution in [0.1, 0.15) is 36.8 Å². The third-order valence-corrected chi connectivity index (χ3v) is 7.18. The molecule has 1 aliphatic heterocycles. The smallest absolute Gasteiger partial charge is 0.220 e. The highest BCUT2D eigenvalue weighted by molar-refractivity contribution is 5.89. The van der Waals surface area contributed by atoms with Crippen LogP contribution < -0.4 is 5.32 Å². The van der Waals surface area contributed by atoms with E-state index in [9.17, 15) is 19.8 Å². The van der Waals surface area contributed by atoms with Gasteiger partial charge in [-0.15, -0.1) is 0 Å². The van der Waals surface area contributed by atoms with Crippen molar-refractivity contribution in [2.75, 3.05) is 26.7 Å². The Labute approximate surface area is 164 Å². The predicted octanol–water partition coefficient (Wildman–Crippen LogP) is 0.0990. The molecule has 2 bridgehead atoms. The Bertz CT molecular complexity index is 812. The van der Waals surface area contributed by atoms with Crippen molar-refractivity contribution in [3.63, 3.8) is 0 Å². The molecule has 1 amide bonds. The maximum Gasteiger partial charge on any atom is 0.220 e. The minimum atomic E-state index is -1.13. The standard InChI is InChI=1S/C21H28N2O5/c1-23-6-4-20-12-17(26)14(9-19(27)22-5-7-24)11-21(20,28)18(23)8-13-2-3-15(25)10-16(13)20/h2-3,10,14,18,24-25,28H,4-9,11-12H2,1H3,(H,22,27)/t14-,18+,20+,21+/m0/s1. The quantitative estimate of drug-likeness (QED) is 0.582. The monoisotopic (exact) mass is 388 g/mol. The lowest BCUT2D eigenvalue weighted by molar-refractivity contribution is -0.179. The number of piperidine rings is 1. The molecule has 4 rings (SSSR count). The Morgan fingerprint density at radius 3 is 2.93 bits per heavy atom. The number of carbonyl (C=O) groups excluding carboxylic acids is 2. The van der Waals surface area contributed by atoms with Crippen molar-refractivity contribution >= 4 is 11.7 Å². The number of hydrogen-bond donors (Lipinski definition) is 4. The number of ketones is 1. The molecule has 28 heavy (non-hydrogen) atoms. The maximum atomic E-state index is 13.1. The fourth-order valence-corrected chi connectivity index (χ4v) is 5.79. The van der Waals surface area contributed by atoms with E-state index >= 15 is 0 Å². The van der Waals surface area contributed by atoms with Crippen LogP contribution in [-0.2, 0) is 21.4 Å². The van der Waals surface area contributed by atoms with Crippen molar-refractivity contribution in [2.45, 2.75) is 49.2 Å². The number of nitrogens with zero attached hydrogens (tertiary/aromatic N) is 1. The summed E-state index contributed by atoms with van der Waals surface area (Å²) in [4.78, 5) is 27.3. The third kappa shape index (κ3) is 2.76. The number of phenols is 1. The molecule has 4 N–H and O–H groups in total. The molecule has 2 fully saturated rings. The number of Topliss-reactive ketones (excluding diaryl/α,β-unsaturated/α-hetero) is 1. The first-order valence-electron chi connectivity index (χ1n) is 9.96. The lowest BCUT2D eigenvalue weighted by atomic mass is 9.47. The van der Waals surface area contributed by atoms with E-state index in [1.165, 1.54) is 0 Å². The highest BCUT2D eigenvalue weighted by Crippen LogP contribution is 2.58. The highest BCUT2D eigenvalue weighted by Gasteiger charge is 2.65. The molecular weight excluding hydrogens is 360 g/mol. The van der Waals surface area contributed by atoms with Crippen LogP contribution in [0.15, 0.2) is 18.2 Å². The molecule has 2 aliphatic carbocycles. The average Bonchev–Trinajstić information content (AvgIpc) is 2.65. The Morgan fingerprint density at radius 1 is 1.39 bits per heavy atom. The number of fused-ring (bicyclic) bond motifs is 1. The van der Waals surface area contributed by atoms with Crippen molar-refractivity contribution in [3.05, 3.63) is 29.3 Å². The Morgan fingerprint density at radius 2 is 2.18 bits per heavy atom. The summed E-state index contributed by atoms with van der Waals surface area (Å²) >= 11 is 0. The van der Waals surface area contributed by atoms with E-state index in [2.05, 4.69) is 10.2 Å². The number of benzene rings is 1. The molecule has 0 aromatic heterocycles. The number of likely N-dealkylation sites (tertiary alicyclic amines) is 1. The van der Waals surface area contributed by atoms with Gasteiger partial charge in [0.2, 0.25) is 5.91 Å². The number of rotatable bonds is 4. The van der Waals surface area contributed by atoms with Gasteiger partial charge in [-0.1, -0.05) is 6.07 Å². The zero-order valence-corrected chi connectivity index (χ0v) is 16.1. The summed E-state index contributed by atoms with van der Waals surface area (Å²) in [6.45, 7) is 0.785. The topological polar surface area (TPSA) is 110 Å². The number of carbonyl (C=O) groups is 2. The van der Waals surface area contributed by atoms with E-state index in [1.807, 2.05) is 13.1 Å². The van der Waals surface area contributed by atoms with Crippen LogP contribution in [0.5, 0.6) is 5.75 Å². The van der Waals surface area contributed by atoms with Gasteiger partial charge in [0.1, 0.15) is 11.5 Å².